The van der Waals surface area contributed by atoms with Gasteiger partial charge in [0.2, 0.25) is 23.6 Å². The smallest absolute Gasteiger partial charge is 0.326 e. The van der Waals surface area contributed by atoms with Crippen LogP contribution in [0.4, 0.5) is 0 Å². The van der Waals surface area contributed by atoms with E-state index in [9.17, 15) is 34.2 Å². The van der Waals surface area contributed by atoms with Crippen molar-refractivity contribution in [1.29, 1.82) is 0 Å². The summed E-state index contributed by atoms with van der Waals surface area (Å²) in [5.74, 6) is -2.89. The third-order valence-corrected chi connectivity index (χ3v) is 8.25. The standard InChI is InChI=1S/C34H54N4O7/c1-2-3-4-5-6-7-8-9-10-11-12-13-14-17-30(40)35-25-32(42)38-22-15-16-29(38)33(43)36-24-31(41)37-28(34(44)45)23-26-18-20-27(39)21-19-26/h18-21,28-29,39H,2-17,22-25H2,1H3,(H,35,40)(H,36,43)(H,37,41)(H,44,45)/t28?,29-/m0/s1. The molecule has 1 fully saturated rings. The highest BCUT2D eigenvalue weighted by Gasteiger charge is 2.34. The number of phenols is 1. The maximum atomic E-state index is 12.8. The van der Waals surface area contributed by atoms with Crippen molar-refractivity contribution in [3.8, 4) is 5.75 Å². The summed E-state index contributed by atoms with van der Waals surface area (Å²) < 4.78 is 0. The Bertz CT molecular complexity index is 1060. The molecular weight excluding hydrogens is 576 g/mol. The zero-order valence-electron chi connectivity index (χ0n) is 27.0. The number of likely N-dealkylation sites (tertiary alicyclic amines) is 1. The lowest BCUT2D eigenvalue weighted by Crippen LogP contribution is -2.51. The van der Waals surface area contributed by atoms with Crippen LogP contribution in [0.1, 0.15) is 115 Å². The predicted octanol–water partition coefficient (Wildman–Crippen LogP) is 4.21. The Morgan fingerprint density at radius 3 is 1.96 bits per heavy atom. The third-order valence-electron chi connectivity index (χ3n) is 8.25. The number of rotatable bonds is 23. The molecule has 1 heterocycles. The molecule has 1 aromatic rings. The zero-order chi connectivity index (χ0) is 32.9. The van der Waals surface area contributed by atoms with Crippen molar-refractivity contribution in [2.75, 3.05) is 19.6 Å². The van der Waals surface area contributed by atoms with E-state index in [2.05, 4.69) is 22.9 Å². The number of carboxylic acids is 1. The second-order valence-corrected chi connectivity index (χ2v) is 12.1. The first-order valence-corrected chi connectivity index (χ1v) is 16.8. The van der Waals surface area contributed by atoms with Gasteiger partial charge in [-0.2, -0.15) is 0 Å². The molecule has 11 nitrogen and oxygen atoms in total. The minimum atomic E-state index is -1.23. The molecule has 2 rings (SSSR count). The van der Waals surface area contributed by atoms with Gasteiger partial charge in [0, 0.05) is 19.4 Å². The molecule has 0 bridgehead atoms. The van der Waals surface area contributed by atoms with Gasteiger partial charge in [-0.05, 0) is 37.0 Å². The number of unbranched alkanes of at least 4 members (excludes halogenated alkanes) is 12. The number of phenolic OH excluding ortho intramolecular Hbond substituents is 1. The monoisotopic (exact) mass is 630 g/mol. The number of nitrogens with zero attached hydrogens (tertiary/aromatic N) is 1. The first-order chi connectivity index (χ1) is 21.7. The van der Waals surface area contributed by atoms with Gasteiger partial charge in [0.15, 0.2) is 0 Å². The summed E-state index contributed by atoms with van der Waals surface area (Å²) in [6, 6.07) is 4.01. The fourth-order valence-corrected chi connectivity index (χ4v) is 5.60. The van der Waals surface area contributed by atoms with Crippen LogP contribution in [0.2, 0.25) is 0 Å². The van der Waals surface area contributed by atoms with Crippen LogP contribution < -0.4 is 16.0 Å². The molecule has 252 valence electrons. The summed E-state index contributed by atoms with van der Waals surface area (Å²) in [5, 5.41) is 26.4. The van der Waals surface area contributed by atoms with E-state index in [0.717, 1.165) is 19.3 Å². The zero-order valence-corrected chi connectivity index (χ0v) is 27.0. The van der Waals surface area contributed by atoms with Crippen molar-refractivity contribution in [2.45, 2.75) is 128 Å². The molecule has 0 radical (unpaired) electrons. The number of nitrogens with one attached hydrogen (secondary N) is 3. The number of hydrogen-bond acceptors (Lipinski definition) is 6. The molecule has 0 aromatic heterocycles. The summed E-state index contributed by atoms with van der Waals surface area (Å²) in [6.45, 7) is 2.00. The Labute approximate surface area is 267 Å². The Hall–Kier alpha value is -3.63. The molecule has 2 atom stereocenters. The first kappa shape index (κ1) is 37.6. The van der Waals surface area contributed by atoms with E-state index in [0.29, 0.717) is 31.4 Å². The highest BCUT2D eigenvalue weighted by Crippen LogP contribution is 2.18. The summed E-state index contributed by atoms with van der Waals surface area (Å²) in [7, 11) is 0. The maximum absolute atomic E-state index is 12.8. The van der Waals surface area contributed by atoms with Crippen LogP contribution in [0, 0.1) is 0 Å². The average molecular weight is 631 g/mol. The summed E-state index contributed by atoms with van der Waals surface area (Å²) >= 11 is 0. The number of carboxylic acid groups (broad SMARTS) is 1. The van der Waals surface area contributed by atoms with Crippen LogP contribution in [0.15, 0.2) is 24.3 Å². The molecule has 0 saturated carbocycles. The highest BCUT2D eigenvalue weighted by molar-refractivity contribution is 5.93. The molecular formula is C34H54N4O7. The van der Waals surface area contributed by atoms with E-state index in [4.69, 9.17) is 0 Å². The normalized spacial score (nSPS) is 15.0. The van der Waals surface area contributed by atoms with Crippen molar-refractivity contribution in [2.24, 2.45) is 0 Å². The van der Waals surface area contributed by atoms with Gasteiger partial charge in [-0.3, -0.25) is 19.2 Å². The molecule has 1 unspecified atom stereocenters. The lowest BCUT2D eigenvalue weighted by molar-refractivity contribution is -0.142. The molecule has 1 aromatic carbocycles. The van der Waals surface area contributed by atoms with Crippen molar-refractivity contribution in [1.82, 2.24) is 20.9 Å². The summed E-state index contributed by atoms with van der Waals surface area (Å²) in [5.41, 5.74) is 0.612. The van der Waals surface area contributed by atoms with Gasteiger partial charge < -0.3 is 31.1 Å². The second-order valence-electron chi connectivity index (χ2n) is 12.1. The number of carbonyl (C=O) groups excluding carboxylic acids is 4. The molecule has 4 amide bonds. The number of amides is 4. The van der Waals surface area contributed by atoms with E-state index in [1.54, 1.807) is 12.1 Å². The fraction of sp³-hybridized carbons (Fsp3) is 0.676. The number of carbonyl (C=O) groups is 5. The molecule has 0 spiro atoms. The first-order valence-electron chi connectivity index (χ1n) is 16.8. The Morgan fingerprint density at radius 2 is 1.38 bits per heavy atom. The Balaban J connectivity index is 1.59. The van der Waals surface area contributed by atoms with E-state index in [1.807, 2.05) is 0 Å². The maximum Gasteiger partial charge on any atom is 0.326 e. The van der Waals surface area contributed by atoms with Crippen LogP contribution in [0.25, 0.3) is 0 Å². The number of benzene rings is 1. The van der Waals surface area contributed by atoms with Crippen molar-refractivity contribution >= 4 is 29.6 Å². The van der Waals surface area contributed by atoms with Gasteiger partial charge in [0.25, 0.3) is 0 Å². The van der Waals surface area contributed by atoms with E-state index in [1.165, 1.54) is 81.2 Å². The molecule has 5 N–H and O–H groups in total. The van der Waals surface area contributed by atoms with Crippen molar-refractivity contribution in [3.63, 3.8) is 0 Å². The van der Waals surface area contributed by atoms with Crippen molar-refractivity contribution < 1.29 is 34.2 Å². The van der Waals surface area contributed by atoms with Gasteiger partial charge >= 0.3 is 5.97 Å². The van der Waals surface area contributed by atoms with Crippen LogP contribution in [0.5, 0.6) is 5.75 Å². The molecule has 1 aliphatic heterocycles. The van der Waals surface area contributed by atoms with Gasteiger partial charge in [-0.1, -0.05) is 96.1 Å². The lowest BCUT2D eigenvalue weighted by atomic mass is 10.0. The minimum absolute atomic E-state index is 0.00524. The van der Waals surface area contributed by atoms with Crippen LogP contribution in [0.3, 0.4) is 0 Å². The number of hydrogen-bond donors (Lipinski definition) is 5. The third kappa shape index (κ3) is 15.8. The van der Waals surface area contributed by atoms with Crippen LogP contribution >= 0.6 is 0 Å². The van der Waals surface area contributed by atoms with Gasteiger partial charge in [0.1, 0.15) is 17.8 Å². The van der Waals surface area contributed by atoms with Gasteiger partial charge in [-0.25, -0.2) is 4.79 Å². The average Bonchev–Trinajstić information content (AvgIpc) is 3.52. The second kappa shape index (κ2) is 22.0. The van der Waals surface area contributed by atoms with E-state index < -0.39 is 36.4 Å². The topological polar surface area (TPSA) is 165 Å². The molecule has 1 saturated heterocycles. The molecule has 11 heteroatoms. The molecule has 0 aliphatic carbocycles. The van der Waals surface area contributed by atoms with Gasteiger partial charge in [0.05, 0.1) is 13.1 Å². The Morgan fingerprint density at radius 1 is 0.800 bits per heavy atom. The number of aliphatic carboxylic acids is 1. The summed E-state index contributed by atoms with van der Waals surface area (Å²) in [6.07, 6.45) is 17.4. The van der Waals surface area contributed by atoms with Crippen LogP contribution in [-0.4, -0.2) is 76.4 Å². The summed E-state index contributed by atoms with van der Waals surface area (Å²) in [4.78, 5) is 63.3. The SMILES string of the molecule is CCCCCCCCCCCCCCCC(=O)NCC(=O)N1CCC[C@H]1C(=O)NCC(=O)NC(Cc1ccc(O)cc1)C(=O)O. The predicted molar refractivity (Wildman–Crippen MR) is 172 cm³/mol. The van der Waals surface area contributed by atoms with Crippen molar-refractivity contribution in [3.05, 3.63) is 29.8 Å². The van der Waals surface area contributed by atoms with Gasteiger partial charge in [-0.15, -0.1) is 0 Å². The lowest BCUT2D eigenvalue weighted by Gasteiger charge is -2.24. The minimum Gasteiger partial charge on any atom is -0.508 e. The molecule has 45 heavy (non-hydrogen) atoms. The van der Waals surface area contributed by atoms with E-state index in [-0.39, 0.29) is 30.5 Å². The quantitative estimate of drug-likeness (QED) is 0.113. The molecule has 1 aliphatic rings. The largest absolute Gasteiger partial charge is 0.508 e. The van der Waals surface area contributed by atoms with Crippen LogP contribution in [-0.2, 0) is 30.4 Å². The highest BCUT2D eigenvalue weighted by atomic mass is 16.4. The van der Waals surface area contributed by atoms with E-state index >= 15 is 0 Å². The number of aromatic hydroxyl groups is 1. The Kier molecular flexibility index (Phi) is 18.3. The fourth-order valence-electron chi connectivity index (χ4n) is 5.60.